The first-order chi connectivity index (χ1) is 51.1. The molecule has 31 nitrogen and oxygen atoms in total. The van der Waals surface area contributed by atoms with E-state index in [4.69, 9.17) is 27.1 Å². The van der Waals surface area contributed by atoms with Gasteiger partial charge in [0, 0.05) is 61.8 Å². The molecule has 7 atom stereocenters. The van der Waals surface area contributed by atoms with Crippen LogP contribution < -0.4 is 70.4 Å². The van der Waals surface area contributed by atoms with Gasteiger partial charge < -0.3 is 85.6 Å². The van der Waals surface area contributed by atoms with E-state index in [0.717, 1.165) is 39.2 Å². The van der Waals surface area contributed by atoms with Crippen molar-refractivity contribution in [2.45, 2.75) is 120 Å². The predicted octanol–water partition coefficient (Wildman–Crippen LogP) is 1.38. The van der Waals surface area contributed by atoms with Gasteiger partial charge in [-0.05, 0) is 112 Å². The van der Waals surface area contributed by atoms with Crippen molar-refractivity contribution in [2.24, 2.45) is 17.2 Å². The zero-order valence-electron chi connectivity index (χ0n) is 58.1. The Kier molecular flexibility index (Phi) is 30.4. The van der Waals surface area contributed by atoms with E-state index in [1.54, 1.807) is 60.8 Å². The summed E-state index contributed by atoms with van der Waals surface area (Å²) in [6, 6.07) is 28.6. The number of benzene rings is 7. The Morgan fingerprint density at radius 3 is 1.51 bits per heavy atom. The number of para-hydroxylation sites is 1. The smallest absolute Gasteiger partial charge is 0.475 e. The number of nitro benzene ring substituents is 1. The van der Waals surface area contributed by atoms with Crippen molar-refractivity contribution in [1.82, 2.24) is 58.2 Å². The highest BCUT2D eigenvalue weighted by Crippen LogP contribution is 2.37. The van der Waals surface area contributed by atoms with E-state index in [9.17, 15) is 66.7 Å². The summed E-state index contributed by atoms with van der Waals surface area (Å²) in [7, 11) is 0. The lowest BCUT2D eigenvalue weighted by molar-refractivity contribution is -0.384. The van der Waals surface area contributed by atoms with Gasteiger partial charge in [-0.3, -0.25) is 62.9 Å². The molecule has 19 N–H and O–H groups in total. The van der Waals surface area contributed by atoms with Gasteiger partial charge in [-0.2, -0.15) is 13.2 Å². The SMILES string of the molecule is CC(=O)N[C@@H](CO)C(=O)N[C@@H](CCCCN)C(=O)NCC(=O)N[C@@H](Cc1cc2cccc3ccc4cccc1c4c32)C(=O)N[C@@H](Cc1ccccc1)C(=O)N[C@@H](Cc1c[nH]c2ccccc12)C(=O)N[C@@H](Cc1ccc([N+](=O)[O-])cc1)C(=O)NCC(=O)NCC(=O)N[C@@H](CCCCN)C(N)=O.O=C(O)C(F)(F)F. The van der Waals surface area contributed by atoms with Crippen molar-refractivity contribution < 1.29 is 85.8 Å². The van der Waals surface area contributed by atoms with Crippen LogP contribution in [0.3, 0.4) is 0 Å². The number of nitrogens with two attached hydrogens (primary N) is 3. The minimum atomic E-state index is -5.08. The number of unbranched alkanes of at least 4 members (excludes halogenated alkanes) is 2. The highest BCUT2D eigenvalue weighted by molar-refractivity contribution is 6.24. The molecule has 1 aromatic heterocycles. The molecule has 568 valence electrons. The molecule has 34 heteroatoms. The summed E-state index contributed by atoms with van der Waals surface area (Å²) < 4.78 is 31.7. The molecule has 0 fully saturated rings. The molecule has 0 unspecified atom stereocenters. The number of carbonyl (C=O) groups is 12. The summed E-state index contributed by atoms with van der Waals surface area (Å²) in [5.74, 6) is -11.9. The molecule has 7 aromatic carbocycles. The van der Waals surface area contributed by atoms with E-state index < -0.39 is 151 Å². The van der Waals surface area contributed by atoms with Crippen LogP contribution in [0.2, 0.25) is 0 Å². The first-order valence-corrected chi connectivity index (χ1v) is 34.0. The van der Waals surface area contributed by atoms with Crippen molar-refractivity contribution in [2.75, 3.05) is 39.3 Å². The monoisotopic (exact) mass is 1480 g/mol. The van der Waals surface area contributed by atoms with Gasteiger partial charge in [0.05, 0.1) is 31.2 Å². The molecule has 0 spiro atoms. The fraction of sp³-hybridized carbons (Fsp3) is 0.342. The third-order valence-corrected chi connectivity index (χ3v) is 17.2. The Morgan fingerprint density at radius 1 is 0.486 bits per heavy atom. The van der Waals surface area contributed by atoms with Gasteiger partial charge in [0.15, 0.2) is 0 Å². The summed E-state index contributed by atoms with van der Waals surface area (Å²) in [5, 5.41) is 60.5. The Balaban J connectivity index is 0.00000217. The second-order valence-electron chi connectivity index (χ2n) is 25.1. The topological polar surface area (TPSA) is 503 Å². The van der Waals surface area contributed by atoms with E-state index >= 15 is 14.4 Å². The molecule has 8 aromatic rings. The number of non-ortho nitro benzene ring substituents is 1. The van der Waals surface area contributed by atoms with Crippen molar-refractivity contribution >= 4 is 120 Å². The molecule has 1 heterocycles. The third-order valence-electron chi connectivity index (χ3n) is 17.2. The number of aliphatic carboxylic acids is 1. The number of carboxylic acid groups (broad SMARTS) is 1. The highest BCUT2D eigenvalue weighted by atomic mass is 19.4. The number of primary amides is 1. The fourth-order valence-corrected chi connectivity index (χ4v) is 11.8. The first-order valence-electron chi connectivity index (χ1n) is 34.0. The largest absolute Gasteiger partial charge is 0.490 e. The number of halogens is 3. The average Bonchev–Trinajstić information content (AvgIpc) is 1.33. The van der Waals surface area contributed by atoms with E-state index in [1.165, 1.54) is 24.3 Å². The van der Waals surface area contributed by atoms with Crippen LogP contribution in [0.1, 0.15) is 67.7 Å². The van der Waals surface area contributed by atoms with Gasteiger partial charge in [0.2, 0.25) is 65.0 Å². The van der Waals surface area contributed by atoms with Gasteiger partial charge in [-0.15, -0.1) is 0 Å². The van der Waals surface area contributed by atoms with Crippen molar-refractivity contribution in [3.63, 3.8) is 0 Å². The molecule has 0 bridgehead atoms. The van der Waals surface area contributed by atoms with E-state index in [-0.39, 0.29) is 50.8 Å². The average molecular weight is 1480 g/mol. The Labute approximate surface area is 609 Å². The van der Waals surface area contributed by atoms with Gasteiger partial charge >= 0.3 is 12.1 Å². The number of hydrogen-bond acceptors (Lipinski definition) is 17. The van der Waals surface area contributed by atoms with E-state index in [1.807, 2.05) is 54.6 Å². The van der Waals surface area contributed by atoms with Crippen LogP contribution in [0.4, 0.5) is 18.9 Å². The molecule has 0 saturated heterocycles. The number of nitro groups is 1. The number of aliphatic hydroxyl groups is 1. The van der Waals surface area contributed by atoms with Crippen molar-refractivity contribution in [1.29, 1.82) is 0 Å². The number of aliphatic hydroxyl groups excluding tert-OH is 1. The molecule has 107 heavy (non-hydrogen) atoms. The fourth-order valence-electron chi connectivity index (χ4n) is 11.8. The summed E-state index contributed by atoms with van der Waals surface area (Å²) in [4.78, 5) is 175. The number of aromatic nitrogens is 1. The summed E-state index contributed by atoms with van der Waals surface area (Å²) >= 11 is 0. The van der Waals surface area contributed by atoms with Gasteiger partial charge in [-0.25, -0.2) is 4.79 Å². The second-order valence-corrected chi connectivity index (χ2v) is 25.1. The van der Waals surface area contributed by atoms with E-state index in [2.05, 4.69) is 58.2 Å². The zero-order valence-corrected chi connectivity index (χ0v) is 58.1. The number of amides is 11. The van der Waals surface area contributed by atoms with Crippen LogP contribution in [0.25, 0.3) is 43.2 Å². The van der Waals surface area contributed by atoms with Crippen LogP contribution in [0.5, 0.6) is 0 Å². The number of nitrogens with zero attached hydrogens (tertiary/aromatic N) is 1. The molecule has 0 radical (unpaired) electrons. The lowest BCUT2D eigenvalue weighted by Gasteiger charge is -2.27. The van der Waals surface area contributed by atoms with Gasteiger partial charge in [0.1, 0.15) is 42.3 Å². The minimum Gasteiger partial charge on any atom is -0.475 e. The van der Waals surface area contributed by atoms with Crippen LogP contribution in [-0.2, 0) is 83.2 Å². The Morgan fingerprint density at radius 2 is 0.944 bits per heavy atom. The summed E-state index contributed by atoms with van der Waals surface area (Å²) in [6.07, 6.45) is -2.14. The standard InChI is InChI=1S/C71H83N15O14.C2HF3O2/c1-41(88)79-59(40-87)71(98)82-54(22-8-10-30-73)66(93)78-39-62(91)81-57(34-47-33-46-17-11-15-44-25-26-45-16-12-19-51(47)64(45)63(44)46)69(96)84-56(31-42-13-3-2-4-14-42)68(95)85-58(35-48-36-75-52-20-6-5-18-50(48)52)70(97)83-55(32-43-23-27-49(28-24-43)86(99)100)67(94)77-37-60(89)76-38-61(90)80-53(65(74)92)21-7-9-29-72;3-2(4,5)1(6)7/h2-6,11-20,23-28,33,36,53-59,75,87H,7-10,21-22,29-32,34-35,37-40,72-73H2,1H3,(H2,74,92)(H,76,89)(H,77,94)(H,78,93)(H,79,88)(H,80,90)(H,81,91)(H,82,98)(H,83,97)(H,84,96)(H,85,95);(H,6,7)/t53-,54-,55-,56-,57-,58-,59-;/m0./s1. The normalized spacial score (nSPS) is 13.2. The van der Waals surface area contributed by atoms with Crippen LogP contribution in [0, 0.1) is 10.1 Å². The maximum absolute atomic E-state index is 15.4. The number of nitrogens with one attached hydrogen (secondary N) is 11. The van der Waals surface area contributed by atoms with E-state index in [0.29, 0.717) is 65.4 Å². The van der Waals surface area contributed by atoms with Crippen molar-refractivity contribution in [3.8, 4) is 0 Å². The zero-order chi connectivity index (χ0) is 77.9. The first kappa shape index (κ1) is 82.1. The molecule has 8 rings (SSSR count). The summed E-state index contributed by atoms with van der Waals surface area (Å²) in [6.45, 7) is -1.04. The number of aromatic amines is 1. The lowest BCUT2D eigenvalue weighted by atomic mass is 9.89. The molecule has 0 aliphatic carbocycles. The molecule has 0 aliphatic heterocycles. The number of H-pyrrole nitrogens is 1. The highest BCUT2D eigenvalue weighted by Gasteiger charge is 2.39. The second kappa shape index (κ2) is 39.6. The van der Waals surface area contributed by atoms with Crippen LogP contribution >= 0.6 is 0 Å². The number of alkyl halides is 3. The van der Waals surface area contributed by atoms with Crippen LogP contribution in [0.15, 0.2) is 140 Å². The lowest BCUT2D eigenvalue weighted by Crippen LogP contribution is -2.60. The van der Waals surface area contributed by atoms with Crippen LogP contribution in [-0.4, -0.2) is 179 Å². The minimum absolute atomic E-state index is 0.0608. The maximum Gasteiger partial charge on any atom is 0.490 e. The number of rotatable bonds is 38. The Hall–Kier alpha value is -12.2. The van der Waals surface area contributed by atoms with Gasteiger partial charge in [-0.1, -0.05) is 115 Å². The third kappa shape index (κ3) is 24.5. The number of fused-ring (bicyclic) bond motifs is 1. The number of hydrogen-bond donors (Lipinski definition) is 16. The Bertz CT molecular complexity index is 4490. The summed E-state index contributed by atoms with van der Waals surface area (Å²) in [5.41, 5.74) is 19.2. The van der Waals surface area contributed by atoms with Gasteiger partial charge in [0.25, 0.3) is 5.69 Å². The van der Waals surface area contributed by atoms with Crippen molar-refractivity contribution in [3.05, 3.63) is 172 Å². The number of carboxylic acids is 1. The predicted molar refractivity (Wildman–Crippen MR) is 387 cm³/mol. The quantitative estimate of drug-likeness (QED) is 0.0112. The maximum atomic E-state index is 15.4. The molecule has 0 aliphatic rings. The molecular weight excluding hydrogens is 1400 g/mol. The molecule has 0 saturated carbocycles. The molecular formula is C73H84F3N15O16. The number of carbonyl (C=O) groups excluding carboxylic acids is 11. The molecule has 11 amide bonds.